The van der Waals surface area contributed by atoms with Crippen LogP contribution in [0.25, 0.3) is 0 Å². The molecule has 4 fully saturated rings. The Labute approximate surface area is 178 Å². The zero-order valence-corrected chi connectivity index (χ0v) is 17.1. The van der Waals surface area contributed by atoms with Gasteiger partial charge >= 0.3 is 6.18 Å². The van der Waals surface area contributed by atoms with Crippen molar-refractivity contribution >= 4 is 17.7 Å². The molecular weight excluding hydrogens is 411 g/mol. The summed E-state index contributed by atoms with van der Waals surface area (Å²) in [5, 5.41) is 2.32. The van der Waals surface area contributed by atoms with E-state index in [0.717, 1.165) is 61.3 Å². The van der Waals surface area contributed by atoms with Crippen LogP contribution in [0.15, 0.2) is 24.3 Å². The first kappa shape index (κ1) is 21.6. The molecule has 4 bridgehead atoms. The van der Waals surface area contributed by atoms with E-state index in [1.165, 1.54) is 19.3 Å². The molecule has 1 aromatic rings. The van der Waals surface area contributed by atoms with Gasteiger partial charge in [0.1, 0.15) is 0 Å². The zero-order chi connectivity index (χ0) is 22.2. The molecular formula is C22H26F3N3O3. The molecule has 5 rings (SSSR count). The smallest absolute Gasteiger partial charge is 0.343 e. The van der Waals surface area contributed by atoms with E-state index in [9.17, 15) is 27.6 Å². The number of alkyl halides is 3. The van der Waals surface area contributed by atoms with Gasteiger partial charge in [-0.3, -0.25) is 25.2 Å². The lowest BCUT2D eigenvalue weighted by Crippen LogP contribution is -2.51. The maximum absolute atomic E-state index is 12.6. The third-order valence-electron chi connectivity index (χ3n) is 6.93. The number of halogens is 3. The van der Waals surface area contributed by atoms with Gasteiger partial charge in [-0.25, -0.2) is 0 Å². The van der Waals surface area contributed by atoms with Crippen molar-refractivity contribution < 1.29 is 27.6 Å². The molecule has 31 heavy (non-hydrogen) atoms. The molecule has 0 saturated heterocycles. The van der Waals surface area contributed by atoms with E-state index >= 15 is 0 Å². The number of rotatable bonds is 5. The second-order valence-corrected chi connectivity index (χ2v) is 9.45. The molecule has 6 nitrogen and oxygen atoms in total. The third kappa shape index (κ3) is 5.02. The van der Waals surface area contributed by atoms with Crippen LogP contribution in [-0.2, 0) is 15.8 Å². The Morgan fingerprint density at radius 2 is 1.39 bits per heavy atom. The van der Waals surface area contributed by atoms with Gasteiger partial charge in [0.25, 0.3) is 11.8 Å². The van der Waals surface area contributed by atoms with Crippen LogP contribution in [0.3, 0.4) is 0 Å². The Morgan fingerprint density at radius 3 is 1.90 bits per heavy atom. The lowest BCUT2D eigenvalue weighted by molar-refractivity contribution is -0.137. The van der Waals surface area contributed by atoms with Crippen LogP contribution in [0.1, 0.15) is 60.9 Å². The fourth-order valence-corrected chi connectivity index (χ4v) is 6.15. The van der Waals surface area contributed by atoms with Crippen LogP contribution in [0, 0.1) is 23.2 Å². The van der Waals surface area contributed by atoms with Gasteiger partial charge < -0.3 is 5.32 Å². The van der Waals surface area contributed by atoms with Crippen molar-refractivity contribution in [2.24, 2.45) is 23.2 Å². The number of hydrazine groups is 1. The fraction of sp³-hybridized carbons (Fsp3) is 0.591. The Bertz CT molecular complexity index is 832. The van der Waals surface area contributed by atoms with E-state index in [-0.39, 0.29) is 16.9 Å². The van der Waals surface area contributed by atoms with Gasteiger partial charge in [-0.2, -0.15) is 13.2 Å². The summed E-state index contributed by atoms with van der Waals surface area (Å²) in [7, 11) is 0. The summed E-state index contributed by atoms with van der Waals surface area (Å²) < 4.78 is 37.7. The van der Waals surface area contributed by atoms with E-state index in [1.54, 1.807) is 0 Å². The molecule has 0 aliphatic heterocycles. The third-order valence-corrected chi connectivity index (χ3v) is 6.93. The van der Waals surface area contributed by atoms with Crippen molar-refractivity contribution in [2.75, 3.05) is 6.54 Å². The SMILES string of the molecule is O=C(CNC(=O)c1ccc(C(F)(F)F)cc1)NNC(=O)CC12CC3CC(CC(C3)C1)C2. The molecule has 3 N–H and O–H groups in total. The van der Waals surface area contributed by atoms with Crippen LogP contribution in [0.2, 0.25) is 0 Å². The van der Waals surface area contributed by atoms with Gasteiger partial charge in [-0.15, -0.1) is 0 Å². The molecule has 9 heteroatoms. The normalized spacial score (nSPS) is 28.8. The highest BCUT2D eigenvalue weighted by Gasteiger charge is 2.51. The van der Waals surface area contributed by atoms with Crippen LogP contribution in [0.5, 0.6) is 0 Å². The second-order valence-electron chi connectivity index (χ2n) is 9.45. The molecule has 4 aliphatic rings. The average molecular weight is 437 g/mol. The predicted octanol–water partition coefficient (Wildman–Crippen LogP) is 3.19. The van der Waals surface area contributed by atoms with Crippen LogP contribution in [-0.4, -0.2) is 24.3 Å². The molecule has 0 heterocycles. The van der Waals surface area contributed by atoms with Crippen LogP contribution < -0.4 is 16.2 Å². The lowest BCUT2D eigenvalue weighted by Gasteiger charge is -2.56. The Balaban J connectivity index is 1.20. The van der Waals surface area contributed by atoms with Crippen molar-refractivity contribution in [2.45, 2.75) is 51.1 Å². The number of hydrogen-bond donors (Lipinski definition) is 3. The van der Waals surface area contributed by atoms with Gasteiger partial charge in [0, 0.05) is 12.0 Å². The lowest BCUT2D eigenvalue weighted by atomic mass is 9.49. The fourth-order valence-electron chi connectivity index (χ4n) is 6.15. The highest BCUT2D eigenvalue weighted by atomic mass is 19.4. The molecule has 0 spiro atoms. The number of carbonyl (C=O) groups is 3. The highest BCUT2D eigenvalue weighted by Crippen LogP contribution is 2.61. The predicted molar refractivity (Wildman–Crippen MR) is 105 cm³/mol. The molecule has 0 unspecified atom stereocenters. The summed E-state index contributed by atoms with van der Waals surface area (Å²) in [6.45, 7) is -0.405. The van der Waals surface area contributed by atoms with Crippen LogP contribution >= 0.6 is 0 Å². The largest absolute Gasteiger partial charge is 0.416 e. The molecule has 0 aromatic heterocycles. The summed E-state index contributed by atoms with van der Waals surface area (Å²) in [5.41, 5.74) is 3.93. The van der Waals surface area contributed by atoms with Gasteiger partial charge in [-0.1, -0.05) is 0 Å². The van der Waals surface area contributed by atoms with Gasteiger partial charge in [0.05, 0.1) is 12.1 Å². The van der Waals surface area contributed by atoms with Crippen molar-refractivity contribution in [3.8, 4) is 0 Å². The van der Waals surface area contributed by atoms with E-state index in [4.69, 9.17) is 0 Å². The van der Waals surface area contributed by atoms with Crippen molar-refractivity contribution in [3.63, 3.8) is 0 Å². The molecule has 0 radical (unpaired) electrons. The standard InChI is InChI=1S/C22H26F3N3O3/c23-22(24,25)17-3-1-16(2-4-17)20(31)26-12-19(30)28-27-18(29)11-21-8-13-5-14(9-21)7-15(6-13)10-21/h1-4,13-15H,5-12H2,(H,26,31)(H,27,29)(H,28,30). The maximum Gasteiger partial charge on any atom is 0.416 e. The average Bonchev–Trinajstić information content (AvgIpc) is 2.68. The Hall–Kier alpha value is -2.58. The number of benzene rings is 1. The van der Waals surface area contributed by atoms with Gasteiger partial charge in [0.2, 0.25) is 5.91 Å². The van der Waals surface area contributed by atoms with E-state index in [1.807, 2.05) is 0 Å². The number of carbonyl (C=O) groups excluding carboxylic acids is 3. The number of amides is 3. The number of hydrogen-bond acceptors (Lipinski definition) is 3. The summed E-state index contributed by atoms with van der Waals surface area (Å²) >= 11 is 0. The summed E-state index contributed by atoms with van der Waals surface area (Å²) in [6, 6.07) is 3.70. The topological polar surface area (TPSA) is 87.3 Å². The Kier molecular flexibility index (Phi) is 5.70. The minimum Gasteiger partial charge on any atom is -0.343 e. The van der Waals surface area contributed by atoms with E-state index in [2.05, 4.69) is 16.2 Å². The minimum absolute atomic E-state index is 0.00616. The Morgan fingerprint density at radius 1 is 0.871 bits per heavy atom. The van der Waals surface area contributed by atoms with Crippen molar-refractivity contribution in [1.82, 2.24) is 16.2 Å². The maximum atomic E-state index is 12.6. The summed E-state index contributed by atoms with van der Waals surface area (Å²) in [5.74, 6) is 0.671. The zero-order valence-electron chi connectivity index (χ0n) is 17.1. The molecule has 168 valence electrons. The number of nitrogens with one attached hydrogen (secondary N) is 3. The summed E-state index contributed by atoms with van der Waals surface area (Å²) in [4.78, 5) is 36.3. The first-order valence-corrected chi connectivity index (χ1v) is 10.6. The molecule has 0 atom stereocenters. The van der Waals surface area contributed by atoms with Gasteiger partial charge in [-0.05, 0) is 86.0 Å². The quantitative estimate of drug-likeness (QED) is 0.619. The second kappa shape index (κ2) is 8.16. The highest BCUT2D eigenvalue weighted by molar-refractivity contribution is 5.96. The van der Waals surface area contributed by atoms with Crippen molar-refractivity contribution in [3.05, 3.63) is 35.4 Å². The van der Waals surface area contributed by atoms with Crippen molar-refractivity contribution in [1.29, 1.82) is 0 Å². The van der Waals surface area contributed by atoms with E-state index < -0.39 is 30.1 Å². The molecule has 3 amide bonds. The van der Waals surface area contributed by atoms with Gasteiger partial charge in [0.15, 0.2) is 0 Å². The first-order chi connectivity index (χ1) is 14.6. The van der Waals surface area contributed by atoms with E-state index in [0.29, 0.717) is 6.42 Å². The monoisotopic (exact) mass is 437 g/mol. The molecule has 4 saturated carbocycles. The van der Waals surface area contributed by atoms with Crippen LogP contribution in [0.4, 0.5) is 13.2 Å². The first-order valence-electron chi connectivity index (χ1n) is 10.6. The molecule has 1 aromatic carbocycles. The minimum atomic E-state index is -4.48. The molecule has 4 aliphatic carbocycles. The summed E-state index contributed by atoms with van der Waals surface area (Å²) in [6.07, 6.45) is 3.04.